The van der Waals surface area contributed by atoms with Gasteiger partial charge in [0.25, 0.3) is 5.91 Å². The molecule has 242 valence electrons. The Morgan fingerprint density at radius 2 is 1.36 bits per heavy atom. The van der Waals surface area contributed by atoms with E-state index in [0.29, 0.717) is 11.3 Å². The standard InChI is InChI=1S/C37H36N2O8/c1-37(44)21-29(38-39-34(41)28-15-9-10-16-30(28)40)32(35(42)46-22-24-11-5-3-6-12-24)31(26-17-19-27(45-2)20-18-26)33(37)36(43)47-23-25-13-7-4-8-14-25/h3-20,31-33,40,44H,21-23H2,1-2H3,(H,39,41)/b38-29+/t31-,32-,33-,37+/m1/s1. The highest BCUT2D eigenvalue weighted by molar-refractivity contribution is 6.06. The number of ether oxygens (including phenoxy) is 3. The molecule has 4 aromatic rings. The summed E-state index contributed by atoms with van der Waals surface area (Å²) < 4.78 is 16.9. The van der Waals surface area contributed by atoms with Gasteiger partial charge in [0.15, 0.2) is 0 Å². The van der Waals surface area contributed by atoms with Crippen LogP contribution in [0.15, 0.2) is 114 Å². The van der Waals surface area contributed by atoms with Crippen molar-refractivity contribution in [3.8, 4) is 11.5 Å². The van der Waals surface area contributed by atoms with Crippen molar-refractivity contribution in [2.24, 2.45) is 16.9 Å². The minimum absolute atomic E-state index is 0.0308. The lowest BCUT2D eigenvalue weighted by molar-refractivity contribution is -0.165. The number of hydrogen-bond acceptors (Lipinski definition) is 9. The number of carbonyl (C=O) groups excluding carboxylic acids is 3. The molecule has 1 aliphatic rings. The van der Waals surface area contributed by atoms with Gasteiger partial charge in [-0.25, -0.2) is 5.43 Å². The first kappa shape index (κ1) is 32.9. The highest BCUT2D eigenvalue weighted by Gasteiger charge is 2.56. The van der Waals surface area contributed by atoms with Gasteiger partial charge in [-0.1, -0.05) is 84.9 Å². The number of benzene rings is 4. The van der Waals surface area contributed by atoms with Crippen LogP contribution >= 0.6 is 0 Å². The molecule has 1 aliphatic carbocycles. The lowest BCUT2D eigenvalue weighted by Gasteiger charge is -2.45. The Labute approximate surface area is 272 Å². The highest BCUT2D eigenvalue weighted by Crippen LogP contribution is 2.47. The lowest BCUT2D eigenvalue weighted by atomic mass is 9.61. The Morgan fingerprint density at radius 3 is 1.94 bits per heavy atom. The molecule has 4 atom stereocenters. The van der Waals surface area contributed by atoms with Crippen LogP contribution < -0.4 is 10.2 Å². The molecule has 10 nitrogen and oxygen atoms in total. The summed E-state index contributed by atoms with van der Waals surface area (Å²) in [7, 11) is 1.52. The van der Waals surface area contributed by atoms with Gasteiger partial charge in [0.1, 0.15) is 30.6 Å². The number of nitrogens with zero attached hydrogens (tertiary/aromatic N) is 1. The van der Waals surface area contributed by atoms with Crippen molar-refractivity contribution in [3.05, 3.63) is 131 Å². The number of methoxy groups -OCH3 is 1. The number of aliphatic hydroxyl groups is 1. The number of phenolic OH excluding ortho intramolecular Hbond substituents is 1. The summed E-state index contributed by atoms with van der Waals surface area (Å²) >= 11 is 0. The fraction of sp³-hybridized carbons (Fsp3) is 0.243. The second-order valence-electron chi connectivity index (χ2n) is 11.5. The molecule has 1 fully saturated rings. The monoisotopic (exact) mass is 636 g/mol. The van der Waals surface area contributed by atoms with E-state index in [0.717, 1.165) is 11.1 Å². The number of hydrogen-bond donors (Lipinski definition) is 3. The molecule has 47 heavy (non-hydrogen) atoms. The van der Waals surface area contributed by atoms with E-state index in [4.69, 9.17) is 14.2 Å². The van der Waals surface area contributed by atoms with Crippen molar-refractivity contribution in [2.45, 2.75) is 38.1 Å². The van der Waals surface area contributed by atoms with Crippen LogP contribution in [0.25, 0.3) is 0 Å². The molecule has 10 heteroatoms. The van der Waals surface area contributed by atoms with Gasteiger partial charge in [-0.2, -0.15) is 5.10 Å². The fourth-order valence-electron chi connectivity index (χ4n) is 5.86. The molecule has 5 rings (SSSR count). The van der Waals surface area contributed by atoms with Gasteiger partial charge in [0, 0.05) is 12.3 Å². The van der Waals surface area contributed by atoms with Crippen LogP contribution in [0.3, 0.4) is 0 Å². The largest absolute Gasteiger partial charge is 0.507 e. The van der Waals surface area contributed by atoms with Crippen LogP contribution in [-0.2, 0) is 32.3 Å². The van der Waals surface area contributed by atoms with Gasteiger partial charge < -0.3 is 24.4 Å². The first-order chi connectivity index (χ1) is 22.7. The zero-order valence-corrected chi connectivity index (χ0v) is 26.0. The minimum Gasteiger partial charge on any atom is -0.507 e. The fourth-order valence-corrected chi connectivity index (χ4v) is 5.86. The normalized spacial score (nSPS) is 21.4. The first-order valence-electron chi connectivity index (χ1n) is 15.1. The number of para-hydroxylation sites is 1. The van der Waals surface area contributed by atoms with Crippen molar-refractivity contribution >= 4 is 23.6 Å². The first-order valence-corrected chi connectivity index (χ1v) is 15.1. The molecule has 1 saturated carbocycles. The van der Waals surface area contributed by atoms with Gasteiger partial charge in [-0.15, -0.1) is 0 Å². The van der Waals surface area contributed by atoms with Crippen LogP contribution in [0.1, 0.15) is 46.3 Å². The van der Waals surface area contributed by atoms with Gasteiger partial charge in [-0.3, -0.25) is 14.4 Å². The molecule has 0 bridgehead atoms. The second kappa shape index (κ2) is 14.7. The summed E-state index contributed by atoms with van der Waals surface area (Å²) in [5, 5.41) is 26.4. The van der Waals surface area contributed by atoms with E-state index < -0.39 is 41.2 Å². The molecule has 0 aromatic heterocycles. The van der Waals surface area contributed by atoms with E-state index in [1.54, 1.807) is 36.4 Å². The average molecular weight is 637 g/mol. The minimum atomic E-state index is -1.77. The average Bonchev–Trinajstić information content (AvgIpc) is 3.09. The number of phenols is 1. The predicted molar refractivity (Wildman–Crippen MR) is 173 cm³/mol. The van der Waals surface area contributed by atoms with Crippen molar-refractivity contribution in [1.29, 1.82) is 0 Å². The van der Waals surface area contributed by atoms with Crippen molar-refractivity contribution in [2.75, 3.05) is 7.11 Å². The van der Waals surface area contributed by atoms with Crippen LogP contribution in [0, 0.1) is 11.8 Å². The molecule has 0 unspecified atom stereocenters. The maximum Gasteiger partial charge on any atom is 0.315 e. The van der Waals surface area contributed by atoms with E-state index in [2.05, 4.69) is 10.5 Å². The summed E-state index contributed by atoms with van der Waals surface area (Å²) in [6.07, 6.45) is -0.267. The molecular formula is C37H36N2O8. The number of esters is 2. The summed E-state index contributed by atoms with van der Waals surface area (Å²) in [5.74, 6) is -5.31. The Kier molecular flexibility index (Phi) is 10.3. The molecule has 1 amide bonds. The summed E-state index contributed by atoms with van der Waals surface area (Å²) in [6.45, 7) is 1.38. The van der Waals surface area contributed by atoms with Crippen molar-refractivity contribution in [1.82, 2.24) is 5.43 Å². The van der Waals surface area contributed by atoms with Crippen LogP contribution in [-0.4, -0.2) is 46.5 Å². The van der Waals surface area contributed by atoms with E-state index in [9.17, 15) is 24.6 Å². The quantitative estimate of drug-likeness (QED) is 0.160. The number of carbonyl (C=O) groups is 3. The number of hydrazone groups is 1. The molecular weight excluding hydrogens is 600 g/mol. The molecule has 0 aliphatic heterocycles. The van der Waals surface area contributed by atoms with Crippen LogP contribution in [0.4, 0.5) is 0 Å². The Bertz CT molecular complexity index is 1720. The van der Waals surface area contributed by atoms with Crippen molar-refractivity contribution < 1.29 is 38.8 Å². The van der Waals surface area contributed by atoms with E-state index in [1.807, 2.05) is 60.7 Å². The Morgan fingerprint density at radius 1 is 0.809 bits per heavy atom. The SMILES string of the molecule is COc1ccc([C@@H]2[C@H](C(=O)OCc3ccccc3)/C(=N/NC(=O)c3ccccc3O)C[C@](C)(O)[C@H]2C(=O)OCc2ccccc2)cc1. The molecule has 0 spiro atoms. The number of nitrogens with one attached hydrogen (secondary N) is 1. The van der Waals surface area contributed by atoms with Crippen molar-refractivity contribution in [3.63, 3.8) is 0 Å². The molecule has 0 radical (unpaired) electrons. The summed E-state index contributed by atoms with van der Waals surface area (Å²) in [4.78, 5) is 41.1. The molecule has 0 saturated heterocycles. The summed E-state index contributed by atoms with van der Waals surface area (Å²) in [5.41, 5.74) is 2.73. The Balaban J connectivity index is 1.56. The van der Waals surface area contributed by atoms with Gasteiger partial charge in [-0.05, 0) is 47.9 Å². The number of rotatable bonds is 10. The molecule has 4 aromatic carbocycles. The number of amides is 1. The van der Waals surface area contributed by atoms with Gasteiger partial charge in [0.05, 0.1) is 29.9 Å². The number of aromatic hydroxyl groups is 1. The van der Waals surface area contributed by atoms with E-state index in [-0.39, 0.29) is 36.7 Å². The third-order valence-corrected chi connectivity index (χ3v) is 8.19. The zero-order valence-electron chi connectivity index (χ0n) is 26.0. The molecule has 3 N–H and O–H groups in total. The van der Waals surface area contributed by atoms with Gasteiger partial charge in [0.2, 0.25) is 0 Å². The second-order valence-corrected chi connectivity index (χ2v) is 11.5. The topological polar surface area (TPSA) is 144 Å². The van der Waals surface area contributed by atoms with Crippen LogP contribution in [0.2, 0.25) is 0 Å². The van der Waals surface area contributed by atoms with Crippen LogP contribution in [0.5, 0.6) is 11.5 Å². The third-order valence-electron chi connectivity index (χ3n) is 8.19. The maximum absolute atomic E-state index is 14.1. The smallest absolute Gasteiger partial charge is 0.315 e. The zero-order chi connectivity index (χ0) is 33.4. The predicted octanol–water partition coefficient (Wildman–Crippen LogP) is 5.14. The lowest BCUT2D eigenvalue weighted by Crippen LogP contribution is -2.55. The molecule has 0 heterocycles. The van der Waals surface area contributed by atoms with E-state index in [1.165, 1.54) is 26.2 Å². The van der Waals surface area contributed by atoms with Gasteiger partial charge >= 0.3 is 11.9 Å². The van der Waals surface area contributed by atoms with E-state index >= 15 is 0 Å². The third kappa shape index (κ3) is 7.85. The highest BCUT2D eigenvalue weighted by atomic mass is 16.5. The summed E-state index contributed by atoms with van der Waals surface area (Å²) in [6, 6.07) is 31.0. The maximum atomic E-state index is 14.1. The Hall–Kier alpha value is -5.48.